The van der Waals surface area contributed by atoms with Gasteiger partial charge in [-0.15, -0.1) is 0 Å². The molecule has 160 valence electrons. The molecule has 4 rings (SSSR count). The first-order valence-electron chi connectivity index (χ1n) is 10.5. The van der Waals surface area contributed by atoms with Crippen LogP contribution in [0.1, 0.15) is 42.9 Å². The minimum Gasteiger partial charge on any atom is -0.341 e. The zero-order chi connectivity index (χ0) is 20.6. The first-order chi connectivity index (χ1) is 13.8. The highest BCUT2D eigenvalue weighted by molar-refractivity contribution is 7.88. The summed E-state index contributed by atoms with van der Waals surface area (Å²) in [5, 5.41) is 0. The standard InChI is InChI=1S/C20H30N4O4S/c1-29(27,28)21-10-19(25)23-11-15-9-17(14-23)18-6-5-16(20(26)24(18)12-15)13-22-7-3-2-4-8-22/h5-6,15,17,21H,2-4,7-14H2,1H3/t15-,17+/m0/s1. The second kappa shape index (κ2) is 8.20. The number of hydrogen-bond acceptors (Lipinski definition) is 5. The van der Waals surface area contributed by atoms with Crippen LogP contribution in [0.4, 0.5) is 0 Å². The first-order valence-corrected chi connectivity index (χ1v) is 12.4. The largest absolute Gasteiger partial charge is 0.341 e. The number of carbonyl (C=O) groups excluding carboxylic acids is 1. The summed E-state index contributed by atoms with van der Waals surface area (Å²) in [7, 11) is -3.39. The van der Waals surface area contributed by atoms with E-state index in [1.165, 1.54) is 19.3 Å². The monoisotopic (exact) mass is 422 g/mol. The Hall–Kier alpha value is -1.71. The molecule has 9 heteroatoms. The van der Waals surface area contributed by atoms with Gasteiger partial charge < -0.3 is 9.47 Å². The van der Waals surface area contributed by atoms with Gasteiger partial charge in [-0.1, -0.05) is 12.5 Å². The lowest BCUT2D eigenvalue weighted by atomic mass is 9.83. The molecule has 2 bridgehead atoms. The minimum absolute atomic E-state index is 0.112. The van der Waals surface area contributed by atoms with Gasteiger partial charge in [-0.3, -0.25) is 14.5 Å². The molecule has 0 spiro atoms. The van der Waals surface area contributed by atoms with E-state index in [4.69, 9.17) is 0 Å². The van der Waals surface area contributed by atoms with Crippen molar-refractivity contribution < 1.29 is 13.2 Å². The number of likely N-dealkylation sites (tertiary alicyclic amines) is 2. The van der Waals surface area contributed by atoms with Gasteiger partial charge in [0.15, 0.2) is 0 Å². The summed E-state index contributed by atoms with van der Waals surface area (Å²) in [5.41, 5.74) is 1.98. The van der Waals surface area contributed by atoms with E-state index < -0.39 is 10.0 Å². The van der Waals surface area contributed by atoms with Crippen LogP contribution >= 0.6 is 0 Å². The number of aromatic nitrogens is 1. The van der Waals surface area contributed by atoms with Crippen LogP contribution in [0.25, 0.3) is 0 Å². The van der Waals surface area contributed by atoms with Crippen molar-refractivity contribution in [2.24, 2.45) is 5.92 Å². The number of amides is 1. The maximum Gasteiger partial charge on any atom is 0.255 e. The van der Waals surface area contributed by atoms with Crippen LogP contribution in [0.5, 0.6) is 0 Å². The van der Waals surface area contributed by atoms with Crippen LogP contribution in [-0.2, 0) is 27.9 Å². The predicted molar refractivity (Wildman–Crippen MR) is 110 cm³/mol. The molecular weight excluding hydrogens is 392 g/mol. The Labute approximate surface area is 171 Å². The summed E-state index contributed by atoms with van der Waals surface area (Å²) in [6, 6.07) is 4.03. The fourth-order valence-corrected chi connectivity index (χ4v) is 5.36. The number of hydrogen-bond donors (Lipinski definition) is 1. The van der Waals surface area contributed by atoms with Crippen LogP contribution in [0.15, 0.2) is 16.9 Å². The van der Waals surface area contributed by atoms with Crippen molar-refractivity contribution in [1.82, 2.24) is 19.1 Å². The molecular formula is C20H30N4O4S. The SMILES string of the molecule is CS(=O)(=O)NCC(=O)N1C[C@@H]2C[C@H](C1)c1ccc(CN3CCCCC3)c(=O)n1C2. The molecule has 0 aromatic carbocycles. The molecule has 3 aliphatic rings. The second-order valence-electron chi connectivity index (χ2n) is 8.73. The molecule has 0 saturated carbocycles. The van der Waals surface area contributed by atoms with Gasteiger partial charge in [-0.2, -0.15) is 0 Å². The molecule has 1 amide bonds. The number of fused-ring (bicyclic) bond motifs is 4. The lowest BCUT2D eigenvalue weighted by Gasteiger charge is -2.43. The molecule has 2 saturated heterocycles. The lowest BCUT2D eigenvalue weighted by Crippen LogP contribution is -2.51. The highest BCUT2D eigenvalue weighted by Crippen LogP contribution is 2.35. The van der Waals surface area contributed by atoms with Crippen molar-refractivity contribution >= 4 is 15.9 Å². The average Bonchev–Trinajstić information content (AvgIpc) is 2.69. The second-order valence-corrected chi connectivity index (χ2v) is 10.6. The van der Waals surface area contributed by atoms with Gasteiger partial charge in [0.2, 0.25) is 15.9 Å². The number of nitrogens with zero attached hydrogens (tertiary/aromatic N) is 3. The number of sulfonamides is 1. The van der Waals surface area contributed by atoms with Gasteiger partial charge in [-0.25, -0.2) is 13.1 Å². The fraction of sp³-hybridized carbons (Fsp3) is 0.700. The van der Waals surface area contributed by atoms with E-state index in [0.717, 1.165) is 43.6 Å². The van der Waals surface area contributed by atoms with Gasteiger partial charge in [0.1, 0.15) is 0 Å². The maximum atomic E-state index is 13.1. The summed E-state index contributed by atoms with van der Waals surface area (Å²) < 4.78 is 26.7. The Morgan fingerprint density at radius 1 is 1.14 bits per heavy atom. The van der Waals surface area contributed by atoms with Crippen LogP contribution in [0.2, 0.25) is 0 Å². The number of piperidine rings is 2. The van der Waals surface area contributed by atoms with Gasteiger partial charge in [-0.05, 0) is 44.3 Å². The highest BCUT2D eigenvalue weighted by Gasteiger charge is 2.36. The van der Waals surface area contributed by atoms with E-state index in [-0.39, 0.29) is 29.8 Å². The molecule has 29 heavy (non-hydrogen) atoms. The van der Waals surface area contributed by atoms with E-state index in [1.807, 2.05) is 10.6 Å². The van der Waals surface area contributed by atoms with Crippen LogP contribution in [-0.4, -0.2) is 67.7 Å². The van der Waals surface area contributed by atoms with E-state index in [9.17, 15) is 18.0 Å². The van der Waals surface area contributed by atoms with Crippen molar-refractivity contribution in [2.45, 2.75) is 44.7 Å². The number of nitrogens with one attached hydrogen (secondary N) is 1. The van der Waals surface area contributed by atoms with Gasteiger partial charge >= 0.3 is 0 Å². The topological polar surface area (TPSA) is 91.7 Å². The molecule has 0 aliphatic carbocycles. The summed E-state index contributed by atoms with van der Waals surface area (Å²) >= 11 is 0. The van der Waals surface area contributed by atoms with E-state index >= 15 is 0 Å². The van der Waals surface area contributed by atoms with Crippen molar-refractivity contribution in [3.8, 4) is 0 Å². The minimum atomic E-state index is -3.39. The molecule has 1 aromatic rings. The Kier molecular flexibility index (Phi) is 5.81. The Bertz CT molecular complexity index is 936. The molecule has 1 N–H and O–H groups in total. The third-order valence-electron chi connectivity index (χ3n) is 6.36. The van der Waals surface area contributed by atoms with Crippen LogP contribution in [0.3, 0.4) is 0 Å². The summed E-state index contributed by atoms with van der Waals surface area (Å²) in [4.78, 5) is 29.7. The van der Waals surface area contributed by atoms with E-state index in [0.29, 0.717) is 19.6 Å². The molecule has 0 unspecified atom stereocenters. The van der Waals surface area contributed by atoms with Crippen molar-refractivity contribution in [3.63, 3.8) is 0 Å². The lowest BCUT2D eigenvalue weighted by molar-refractivity contribution is -0.132. The van der Waals surface area contributed by atoms with Crippen molar-refractivity contribution in [2.75, 3.05) is 39.0 Å². The van der Waals surface area contributed by atoms with Crippen molar-refractivity contribution in [1.29, 1.82) is 0 Å². The van der Waals surface area contributed by atoms with Gasteiger partial charge in [0.05, 0.1) is 12.8 Å². The zero-order valence-electron chi connectivity index (χ0n) is 17.0. The van der Waals surface area contributed by atoms with E-state index in [1.54, 1.807) is 4.90 Å². The maximum absolute atomic E-state index is 13.1. The number of pyridine rings is 1. The first kappa shape index (κ1) is 20.6. The Morgan fingerprint density at radius 2 is 1.90 bits per heavy atom. The third kappa shape index (κ3) is 4.73. The molecule has 3 aliphatic heterocycles. The normalized spacial score (nSPS) is 24.9. The summed E-state index contributed by atoms with van der Waals surface area (Å²) in [5.74, 6) is 0.149. The van der Waals surface area contributed by atoms with Crippen LogP contribution in [0, 0.1) is 5.92 Å². The molecule has 2 atom stereocenters. The third-order valence-corrected chi connectivity index (χ3v) is 7.03. The fourth-order valence-electron chi connectivity index (χ4n) is 4.98. The van der Waals surface area contributed by atoms with Crippen LogP contribution < -0.4 is 10.3 Å². The molecule has 4 heterocycles. The molecule has 1 aromatic heterocycles. The van der Waals surface area contributed by atoms with E-state index in [2.05, 4.69) is 15.7 Å². The average molecular weight is 423 g/mol. The highest BCUT2D eigenvalue weighted by atomic mass is 32.2. The van der Waals surface area contributed by atoms with Gasteiger partial charge in [0.25, 0.3) is 5.56 Å². The summed E-state index contributed by atoms with van der Waals surface area (Å²) in [6.45, 7) is 4.36. The molecule has 2 fully saturated rings. The summed E-state index contributed by atoms with van der Waals surface area (Å²) in [6.07, 6.45) is 5.70. The predicted octanol–water partition coefficient (Wildman–Crippen LogP) is 0.329. The number of rotatable bonds is 5. The Morgan fingerprint density at radius 3 is 2.62 bits per heavy atom. The Balaban J connectivity index is 1.48. The zero-order valence-corrected chi connectivity index (χ0v) is 17.8. The molecule has 8 nitrogen and oxygen atoms in total. The smallest absolute Gasteiger partial charge is 0.255 e. The number of carbonyl (C=O) groups is 1. The van der Waals surface area contributed by atoms with Gasteiger partial charge in [0, 0.05) is 43.4 Å². The quantitative estimate of drug-likeness (QED) is 0.738. The van der Waals surface area contributed by atoms with Crippen molar-refractivity contribution in [3.05, 3.63) is 33.7 Å². The molecule has 0 radical (unpaired) electrons.